The lowest BCUT2D eigenvalue weighted by atomic mass is 9.88. The molecule has 0 spiro atoms. The van der Waals surface area contributed by atoms with Crippen molar-refractivity contribution in [1.82, 2.24) is 9.47 Å². The van der Waals surface area contributed by atoms with E-state index in [4.69, 9.17) is 0 Å². The number of nitrogens with one attached hydrogen (secondary N) is 1. The van der Waals surface area contributed by atoms with Gasteiger partial charge < -0.3 is 15.0 Å². The van der Waals surface area contributed by atoms with Gasteiger partial charge in [-0.15, -0.1) is 0 Å². The molecule has 36 heavy (non-hydrogen) atoms. The van der Waals surface area contributed by atoms with Crippen LogP contribution in [0.5, 0.6) is 0 Å². The average Bonchev–Trinajstić information content (AvgIpc) is 3.42. The molecule has 0 aliphatic carbocycles. The Hall–Kier alpha value is -3.48. The number of hydrogen-bond acceptors (Lipinski definition) is 4. The van der Waals surface area contributed by atoms with Crippen LogP contribution in [0.15, 0.2) is 77.6 Å². The molecule has 186 valence electrons. The standard InChI is InChI=1S/C30H33N3O3/c1-3-8-22-13-16-26-27-24(18-33(26)30(22)36)25(19-34)28(32(27)17-4-2)29(35)31-23-14-11-21(12-15-23)20-9-6-5-7-10-20/h3,5-16,24-25,27-28,34H,4,17-19H2,1-2H3,(H,31,35)/b8-3+/t24-,25-,27+,28-/m0/s1. The molecule has 4 atom stereocenters. The van der Waals surface area contributed by atoms with Crippen molar-refractivity contribution in [2.75, 3.05) is 18.5 Å². The van der Waals surface area contributed by atoms with E-state index in [1.807, 2.05) is 78.2 Å². The minimum atomic E-state index is -0.460. The fourth-order valence-corrected chi connectivity index (χ4v) is 6.04. The Bertz CT molecular complexity index is 1310. The number of benzene rings is 2. The molecular formula is C30H33N3O3. The molecule has 1 aromatic heterocycles. The smallest absolute Gasteiger partial charge is 0.258 e. The van der Waals surface area contributed by atoms with E-state index in [2.05, 4.69) is 29.3 Å². The van der Waals surface area contributed by atoms with Crippen LogP contribution in [-0.2, 0) is 11.3 Å². The van der Waals surface area contributed by atoms with Gasteiger partial charge in [0.2, 0.25) is 5.91 Å². The second-order valence-electron chi connectivity index (χ2n) is 9.70. The van der Waals surface area contributed by atoms with Crippen molar-refractivity contribution in [2.45, 2.75) is 38.9 Å². The second kappa shape index (κ2) is 10.2. The second-order valence-corrected chi connectivity index (χ2v) is 9.70. The summed E-state index contributed by atoms with van der Waals surface area (Å²) in [5, 5.41) is 13.5. The Morgan fingerprint density at radius 2 is 1.78 bits per heavy atom. The third-order valence-electron chi connectivity index (χ3n) is 7.58. The van der Waals surface area contributed by atoms with Gasteiger partial charge in [0.1, 0.15) is 0 Å². The number of nitrogens with zero attached hydrogens (tertiary/aromatic N) is 2. The zero-order valence-electron chi connectivity index (χ0n) is 20.8. The molecule has 2 aromatic carbocycles. The summed E-state index contributed by atoms with van der Waals surface area (Å²) in [7, 11) is 0. The molecule has 0 unspecified atom stereocenters. The fourth-order valence-electron chi connectivity index (χ4n) is 6.04. The molecule has 1 fully saturated rings. The Morgan fingerprint density at radius 1 is 1.06 bits per heavy atom. The molecule has 0 saturated carbocycles. The van der Waals surface area contributed by atoms with Crippen LogP contribution in [0.4, 0.5) is 5.69 Å². The first-order chi connectivity index (χ1) is 17.6. The van der Waals surface area contributed by atoms with Gasteiger partial charge in [-0.2, -0.15) is 0 Å². The third kappa shape index (κ3) is 4.21. The minimum absolute atomic E-state index is 0.00585. The maximum atomic E-state index is 13.6. The van der Waals surface area contributed by atoms with Crippen molar-refractivity contribution in [1.29, 1.82) is 0 Å². The van der Waals surface area contributed by atoms with E-state index >= 15 is 0 Å². The lowest BCUT2D eigenvalue weighted by molar-refractivity contribution is -0.122. The summed E-state index contributed by atoms with van der Waals surface area (Å²) < 4.78 is 1.84. The van der Waals surface area contributed by atoms with Gasteiger partial charge in [0.05, 0.1) is 12.1 Å². The van der Waals surface area contributed by atoms with E-state index in [-0.39, 0.29) is 36.0 Å². The molecule has 2 aliphatic rings. The van der Waals surface area contributed by atoms with Crippen LogP contribution in [0, 0.1) is 11.8 Å². The van der Waals surface area contributed by atoms with Crippen molar-refractivity contribution < 1.29 is 9.90 Å². The summed E-state index contributed by atoms with van der Waals surface area (Å²) >= 11 is 0. The monoisotopic (exact) mass is 483 g/mol. The van der Waals surface area contributed by atoms with Gasteiger partial charge in [0.25, 0.3) is 5.56 Å². The van der Waals surface area contributed by atoms with E-state index in [0.717, 1.165) is 28.9 Å². The van der Waals surface area contributed by atoms with Gasteiger partial charge in [-0.25, -0.2) is 0 Å². The summed E-state index contributed by atoms with van der Waals surface area (Å²) in [6.45, 7) is 5.13. The summed E-state index contributed by atoms with van der Waals surface area (Å²) in [5.41, 5.74) is 4.54. The van der Waals surface area contributed by atoms with Crippen LogP contribution >= 0.6 is 0 Å². The van der Waals surface area contributed by atoms with Gasteiger partial charge in [0, 0.05) is 41.9 Å². The third-order valence-corrected chi connectivity index (χ3v) is 7.58. The number of rotatable bonds is 7. The number of hydrogen-bond donors (Lipinski definition) is 2. The predicted octanol–water partition coefficient (Wildman–Crippen LogP) is 4.56. The number of carbonyl (C=O) groups excluding carboxylic acids is 1. The molecular weight excluding hydrogens is 450 g/mol. The SMILES string of the molecule is C/C=C/c1ccc2n(c1=O)C[C@H]1[C@H](CO)[C@@H](C(=O)Nc3ccc(-c4ccccc4)cc3)N(CCC)[C@@H]21. The lowest BCUT2D eigenvalue weighted by Gasteiger charge is -2.30. The van der Waals surface area contributed by atoms with Crippen LogP contribution in [0.2, 0.25) is 0 Å². The minimum Gasteiger partial charge on any atom is -0.396 e. The van der Waals surface area contributed by atoms with Gasteiger partial charge in [-0.3, -0.25) is 14.5 Å². The highest BCUT2D eigenvalue weighted by atomic mass is 16.3. The molecule has 2 N–H and O–H groups in total. The van der Waals surface area contributed by atoms with Crippen molar-refractivity contribution >= 4 is 17.7 Å². The average molecular weight is 484 g/mol. The Balaban J connectivity index is 1.42. The number of amides is 1. The largest absolute Gasteiger partial charge is 0.396 e. The Labute approximate surface area is 211 Å². The zero-order chi connectivity index (χ0) is 25.2. The first-order valence-corrected chi connectivity index (χ1v) is 12.8. The first kappa shape index (κ1) is 24.2. The molecule has 3 heterocycles. The highest BCUT2D eigenvalue weighted by molar-refractivity contribution is 5.95. The van der Waals surface area contributed by atoms with E-state index in [0.29, 0.717) is 18.7 Å². The highest BCUT2D eigenvalue weighted by Gasteiger charge is 2.55. The number of aromatic nitrogens is 1. The molecule has 2 aliphatic heterocycles. The number of allylic oxidation sites excluding steroid dienone is 1. The molecule has 0 bridgehead atoms. The predicted molar refractivity (Wildman–Crippen MR) is 144 cm³/mol. The molecule has 6 nitrogen and oxygen atoms in total. The number of carbonyl (C=O) groups is 1. The number of pyridine rings is 1. The Kier molecular flexibility index (Phi) is 6.90. The van der Waals surface area contributed by atoms with E-state index in [1.165, 1.54) is 0 Å². The molecule has 3 aromatic rings. The first-order valence-electron chi connectivity index (χ1n) is 12.8. The van der Waals surface area contributed by atoms with Crippen molar-refractivity contribution in [3.05, 3.63) is 94.4 Å². The van der Waals surface area contributed by atoms with Crippen LogP contribution in [-0.4, -0.2) is 39.7 Å². The summed E-state index contributed by atoms with van der Waals surface area (Å²) in [4.78, 5) is 28.9. The molecule has 6 heteroatoms. The van der Waals surface area contributed by atoms with Crippen LogP contribution in [0.1, 0.15) is 37.6 Å². The van der Waals surface area contributed by atoms with Gasteiger partial charge in [0.15, 0.2) is 0 Å². The summed E-state index contributed by atoms with van der Waals surface area (Å²) in [5.74, 6) is -0.357. The van der Waals surface area contributed by atoms with Crippen LogP contribution in [0.3, 0.4) is 0 Å². The molecule has 1 saturated heterocycles. The maximum Gasteiger partial charge on any atom is 0.258 e. The zero-order valence-corrected chi connectivity index (χ0v) is 20.8. The molecule has 0 radical (unpaired) electrons. The number of fused-ring (bicyclic) bond motifs is 3. The quantitative estimate of drug-likeness (QED) is 0.517. The normalized spacial score (nSPS) is 23.1. The van der Waals surface area contributed by atoms with Crippen molar-refractivity contribution in [3.8, 4) is 11.1 Å². The number of anilines is 1. The summed E-state index contributed by atoms with van der Waals surface area (Å²) in [6, 6.07) is 21.3. The van der Waals surface area contributed by atoms with Gasteiger partial charge >= 0.3 is 0 Å². The number of likely N-dealkylation sites (tertiary alicyclic amines) is 1. The molecule has 1 amide bonds. The Morgan fingerprint density at radius 3 is 2.44 bits per heavy atom. The van der Waals surface area contributed by atoms with Gasteiger partial charge in [-0.05, 0) is 55.3 Å². The van der Waals surface area contributed by atoms with Crippen molar-refractivity contribution in [2.24, 2.45) is 11.8 Å². The van der Waals surface area contributed by atoms with Crippen molar-refractivity contribution in [3.63, 3.8) is 0 Å². The van der Waals surface area contributed by atoms with E-state index in [1.54, 1.807) is 0 Å². The van der Waals surface area contributed by atoms with Crippen LogP contribution < -0.4 is 10.9 Å². The number of aliphatic hydroxyl groups excluding tert-OH is 1. The molecule has 5 rings (SSSR count). The van der Waals surface area contributed by atoms with E-state index in [9.17, 15) is 14.7 Å². The van der Waals surface area contributed by atoms with E-state index < -0.39 is 6.04 Å². The van der Waals surface area contributed by atoms with Crippen LogP contribution in [0.25, 0.3) is 17.2 Å². The lowest BCUT2D eigenvalue weighted by Crippen LogP contribution is -2.46. The topological polar surface area (TPSA) is 74.6 Å². The number of aliphatic hydroxyl groups is 1. The summed E-state index contributed by atoms with van der Waals surface area (Å²) in [6.07, 6.45) is 4.57. The fraction of sp³-hybridized carbons (Fsp3) is 0.333. The van der Waals surface area contributed by atoms with Gasteiger partial charge in [-0.1, -0.05) is 61.5 Å². The maximum absolute atomic E-state index is 13.6. The highest BCUT2D eigenvalue weighted by Crippen LogP contribution is 2.49.